The standard InChI is InChI=1S/C11H16N4O/c1-3-4-5-6-10-12-8-15(13-10)11-7-9(2)16-14-11/h7-8H,3-6H2,1-2H3. The zero-order valence-electron chi connectivity index (χ0n) is 9.68. The maximum atomic E-state index is 4.99. The van der Waals surface area contributed by atoms with Gasteiger partial charge in [0.1, 0.15) is 12.1 Å². The molecule has 0 spiro atoms. The largest absolute Gasteiger partial charge is 0.359 e. The Morgan fingerprint density at radius 1 is 1.38 bits per heavy atom. The van der Waals surface area contributed by atoms with Crippen LogP contribution < -0.4 is 0 Å². The van der Waals surface area contributed by atoms with Crippen LogP contribution in [-0.4, -0.2) is 19.9 Å². The number of unbranched alkanes of at least 4 members (excludes halogenated alkanes) is 2. The van der Waals surface area contributed by atoms with E-state index in [9.17, 15) is 0 Å². The van der Waals surface area contributed by atoms with Crippen LogP contribution in [0.2, 0.25) is 0 Å². The Bertz CT molecular complexity index is 446. The lowest BCUT2D eigenvalue weighted by atomic mass is 10.2. The number of rotatable bonds is 5. The van der Waals surface area contributed by atoms with Crippen LogP contribution in [0.15, 0.2) is 16.9 Å². The lowest BCUT2D eigenvalue weighted by Crippen LogP contribution is -1.96. The number of nitrogens with zero attached hydrogens (tertiary/aromatic N) is 4. The van der Waals surface area contributed by atoms with Crippen LogP contribution in [0.5, 0.6) is 0 Å². The molecule has 0 fully saturated rings. The Labute approximate surface area is 94.5 Å². The van der Waals surface area contributed by atoms with E-state index in [1.165, 1.54) is 12.8 Å². The molecule has 0 saturated heterocycles. The summed E-state index contributed by atoms with van der Waals surface area (Å²) in [6.07, 6.45) is 6.18. The van der Waals surface area contributed by atoms with E-state index in [1.54, 1.807) is 11.0 Å². The molecule has 86 valence electrons. The molecule has 5 heteroatoms. The van der Waals surface area contributed by atoms with Crippen LogP contribution in [0, 0.1) is 6.92 Å². The number of aromatic nitrogens is 4. The monoisotopic (exact) mass is 220 g/mol. The molecule has 2 rings (SSSR count). The third kappa shape index (κ3) is 2.48. The SMILES string of the molecule is CCCCCc1ncn(-c2cc(C)on2)n1. The molecule has 0 atom stereocenters. The van der Waals surface area contributed by atoms with Gasteiger partial charge in [-0.05, 0) is 13.3 Å². The molecule has 0 aliphatic heterocycles. The Morgan fingerprint density at radius 2 is 2.25 bits per heavy atom. The topological polar surface area (TPSA) is 56.7 Å². The lowest BCUT2D eigenvalue weighted by molar-refractivity contribution is 0.393. The summed E-state index contributed by atoms with van der Waals surface area (Å²) >= 11 is 0. The summed E-state index contributed by atoms with van der Waals surface area (Å²) in [5.74, 6) is 2.33. The van der Waals surface area contributed by atoms with Crippen molar-refractivity contribution in [3.63, 3.8) is 0 Å². The van der Waals surface area contributed by atoms with E-state index in [2.05, 4.69) is 22.2 Å². The van der Waals surface area contributed by atoms with E-state index in [4.69, 9.17) is 4.52 Å². The van der Waals surface area contributed by atoms with Crippen molar-refractivity contribution < 1.29 is 4.52 Å². The lowest BCUT2D eigenvalue weighted by Gasteiger charge is -1.93. The Balaban J connectivity index is 2.02. The van der Waals surface area contributed by atoms with E-state index in [0.29, 0.717) is 5.82 Å². The van der Waals surface area contributed by atoms with Crippen LogP contribution in [0.1, 0.15) is 37.8 Å². The highest BCUT2D eigenvalue weighted by atomic mass is 16.5. The molecule has 0 aliphatic rings. The second kappa shape index (κ2) is 4.92. The molecule has 0 N–H and O–H groups in total. The number of hydrogen-bond acceptors (Lipinski definition) is 4. The summed E-state index contributed by atoms with van der Waals surface area (Å²) < 4.78 is 6.64. The minimum atomic E-state index is 0.687. The summed E-state index contributed by atoms with van der Waals surface area (Å²) in [6.45, 7) is 4.04. The van der Waals surface area contributed by atoms with Crippen molar-refractivity contribution in [2.24, 2.45) is 0 Å². The van der Waals surface area contributed by atoms with Crippen molar-refractivity contribution in [3.8, 4) is 5.82 Å². The van der Waals surface area contributed by atoms with E-state index < -0.39 is 0 Å². The van der Waals surface area contributed by atoms with Crippen molar-refractivity contribution in [2.75, 3.05) is 0 Å². The van der Waals surface area contributed by atoms with Crippen LogP contribution >= 0.6 is 0 Å². The Morgan fingerprint density at radius 3 is 2.94 bits per heavy atom. The van der Waals surface area contributed by atoms with Crippen molar-refractivity contribution >= 4 is 0 Å². The predicted molar refractivity (Wildman–Crippen MR) is 59.4 cm³/mol. The first-order chi connectivity index (χ1) is 7.79. The van der Waals surface area contributed by atoms with E-state index in [-0.39, 0.29) is 0 Å². The average Bonchev–Trinajstić information content (AvgIpc) is 2.87. The van der Waals surface area contributed by atoms with E-state index >= 15 is 0 Å². The van der Waals surface area contributed by atoms with Crippen LogP contribution in [-0.2, 0) is 6.42 Å². The van der Waals surface area contributed by atoms with Gasteiger partial charge in [0, 0.05) is 12.5 Å². The maximum Gasteiger partial charge on any atom is 0.198 e. The zero-order chi connectivity index (χ0) is 11.4. The van der Waals surface area contributed by atoms with Gasteiger partial charge in [-0.25, -0.2) is 4.98 Å². The van der Waals surface area contributed by atoms with Gasteiger partial charge in [-0.3, -0.25) is 0 Å². The second-order valence-electron chi connectivity index (χ2n) is 3.86. The third-order valence-corrected chi connectivity index (χ3v) is 2.39. The van der Waals surface area contributed by atoms with E-state index in [1.807, 2.05) is 13.0 Å². The van der Waals surface area contributed by atoms with Gasteiger partial charge < -0.3 is 4.52 Å². The summed E-state index contributed by atoms with van der Waals surface area (Å²) in [5, 5.41) is 8.23. The van der Waals surface area contributed by atoms with E-state index in [0.717, 1.165) is 24.4 Å². The Kier molecular flexibility index (Phi) is 3.34. The molecule has 5 nitrogen and oxygen atoms in total. The molecule has 0 saturated carbocycles. The molecule has 0 amide bonds. The average molecular weight is 220 g/mol. The van der Waals surface area contributed by atoms with Crippen LogP contribution in [0.4, 0.5) is 0 Å². The quantitative estimate of drug-likeness (QED) is 0.725. The van der Waals surface area contributed by atoms with Gasteiger partial charge in [0.15, 0.2) is 11.6 Å². The van der Waals surface area contributed by atoms with Crippen molar-refractivity contribution in [2.45, 2.75) is 39.5 Å². The summed E-state index contributed by atoms with van der Waals surface area (Å²) in [7, 11) is 0. The molecule has 2 heterocycles. The summed E-state index contributed by atoms with van der Waals surface area (Å²) in [6, 6.07) is 1.84. The smallest absolute Gasteiger partial charge is 0.198 e. The van der Waals surface area contributed by atoms with Crippen LogP contribution in [0.3, 0.4) is 0 Å². The van der Waals surface area contributed by atoms with Gasteiger partial charge in [-0.1, -0.05) is 24.9 Å². The molecule has 2 aromatic rings. The van der Waals surface area contributed by atoms with Gasteiger partial charge in [0.2, 0.25) is 0 Å². The minimum Gasteiger partial charge on any atom is -0.359 e. The molecule has 0 aromatic carbocycles. The number of hydrogen-bond donors (Lipinski definition) is 0. The molecule has 0 aliphatic carbocycles. The zero-order valence-corrected chi connectivity index (χ0v) is 9.68. The van der Waals surface area contributed by atoms with Gasteiger partial charge in [-0.15, -0.1) is 5.10 Å². The highest BCUT2D eigenvalue weighted by molar-refractivity contribution is 5.19. The second-order valence-corrected chi connectivity index (χ2v) is 3.86. The molecule has 16 heavy (non-hydrogen) atoms. The first-order valence-electron chi connectivity index (χ1n) is 5.64. The maximum absolute atomic E-state index is 4.99. The van der Waals surface area contributed by atoms with Gasteiger partial charge >= 0.3 is 0 Å². The molecule has 0 bridgehead atoms. The molecule has 2 aromatic heterocycles. The van der Waals surface area contributed by atoms with Crippen molar-refractivity contribution in [3.05, 3.63) is 24.0 Å². The fraction of sp³-hybridized carbons (Fsp3) is 0.545. The van der Waals surface area contributed by atoms with Crippen molar-refractivity contribution in [1.82, 2.24) is 19.9 Å². The first-order valence-corrected chi connectivity index (χ1v) is 5.64. The predicted octanol–water partition coefficient (Wildman–Crippen LogP) is 2.30. The minimum absolute atomic E-state index is 0.687. The third-order valence-electron chi connectivity index (χ3n) is 2.39. The molecule has 0 radical (unpaired) electrons. The molecule has 0 unspecified atom stereocenters. The van der Waals surface area contributed by atoms with Crippen molar-refractivity contribution in [1.29, 1.82) is 0 Å². The fourth-order valence-electron chi connectivity index (χ4n) is 1.52. The summed E-state index contributed by atoms with van der Waals surface area (Å²) in [5.41, 5.74) is 0. The van der Waals surface area contributed by atoms with Gasteiger partial charge in [0.25, 0.3) is 0 Å². The fourth-order valence-corrected chi connectivity index (χ4v) is 1.52. The van der Waals surface area contributed by atoms with Gasteiger partial charge in [0.05, 0.1) is 0 Å². The highest BCUT2D eigenvalue weighted by Gasteiger charge is 2.06. The molecular formula is C11H16N4O. The molecular weight excluding hydrogens is 204 g/mol. The van der Waals surface area contributed by atoms with Gasteiger partial charge in [-0.2, -0.15) is 4.68 Å². The normalized spacial score (nSPS) is 10.9. The summed E-state index contributed by atoms with van der Waals surface area (Å²) in [4.78, 5) is 4.24. The Hall–Kier alpha value is -1.65. The first kappa shape index (κ1) is 10.9. The number of aryl methyl sites for hydroxylation is 2. The van der Waals surface area contributed by atoms with Crippen LogP contribution in [0.25, 0.3) is 5.82 Å². The highest BCUT2D eigenvalue weighted by Crippen LogP contribution is 2.07.